The van der Waals surface area contributed by atoms with Gasteiger partial charge in [0, 0.05) is 5.56 Å². The highest BCUT2D eigenvalue weighted by molar-refractivity contribution is 5.58. The number of ether oxygens (including phenoxy) is 1. The van der Waals surface area contributed by atoms with E-state index in [1.165, 1.54) is 12.1 Å². The summed E-state index contributed by atoms with van der Waals surface area (Å²) in [5.74, 6) is 0.524. The van der Waals surface area contributed by atoms with Gasteiger partial charge in [-0.1, -0.05) is 52.8 Å². The van der Waals surface area contributed by atoms with E-state index in [0.29, 0.717) is 30.6 Å². The van der Waals surface area contributed by atoms with Crippen LogP contribution in [-0.4, -0.2) is 25.1 Å². The van der Waals surface area contributed by atoms with E-state index in [-0.39, 0.29) is 11.9 Å². The molecule has 0 aliphatic carbocycles. The zero-order chi connectivity index (χ0) is 18.2. The highest BCUT2D eigenvalue weighted by atomic mass is 19.1. The van der Waals surface area contributed by atoms with Gasteiger partial charge in [-0.05, 0) is 17.7 Å². The van der Waals surface area contributed by atoms with Gasteiger partial charge in [0.15, 0.2) is 5.69 Å². The van der Waals surface area contributed by atoms with Crippen molar-refractivity contribution in [2.45, 2.75) is 19.3 Å². The topological polar surface area (TPSA) is 78.9 Å². The molecule has 1 atom stereocenters. The molecule has 134 valence electrons. The molecule has 8 heteroatoms. The molecule has 0 amide bonds. The number of hydrogen-bond acceptors (Lipinski definition) is 6. The maximum atomic E-state index is 13.1. The van der Waals surface area contributed by atoms with E-state index in [9.17, 15) is 4.39 Å². The lowest BCUT2D eigenvalue weighted by atomic mass is 10.1. The van der Waals surface area contributed by atoms with Crippen molar-refractivity contribution >= 4 is 0 Å². The van der Waals surface area contributed by atoms with E-state index in [0.717, 1.165) is 16.8 Å². The highest BCUT2D eigenvalue weighted by Gasteiger charge is 2.28. The van der Waals surface area contributed by atoms with E-state index in [4.69, 9.17) is 9.26 Å². The molecule has 4 aromatic rings. The van der Waals surface area contributed by atoms with Crippen LogP contribution in [0.2, 0.25) is 0 Å². The summed E-state index contributed by atoms with van der Waals surface area (Å²) in [4.78, 5) is 4.43. The van der Waals surface area contributed by atoms with Crippen LogP contribution in [0.25, 0.3) is 23.0 Å². The van der Waals surface area contributed by atoms with Crippen LogP contribution in [0.5, 0.6) is 0 Å². The molecule has 2 aromatic heterocycles. The Morgan fingerprint density at radius 2 is 1.85 bits per heavy atom. The Morgan fingerprint density at radius 1 is 1.04 bits per heavy atom. The summed E-state index contributed by atoms with van der Waals surface area (Å²) >= 11 is 0. The molecule has 5 rings (SSSR count). The fourth-order valence-electron chi connectivity index (χ4n) is 3.08. The van der Waals surface area contributed by atoms with Crippen molar-refractivity contribution in [1.82, 2.24) is 25.1 Å². The average Bonchev–Trinajstić information content (AvgIpc) is 3.36. The molecule has 0 N–H and O–H groups in total. The quantitative estimate of drug-likeness (QED) is 0.555. The standard InChI is InChI=1S/C19H14FN5O2/c20-14-8-6-12(7-9-14)16-10-25-15(11-26-16)17(22-24-25)19-21-18(23-27-19)13-4-2-1-3-5-13/h1-9,16H,10-11H2/t16-/m0/s1. The first-order chi connectivity index (χ1) is 13.3. The molecule has 0 bridgehead atoms. The zero-order valence-corrected chi connectivity index (χ0v) is 14.1. The van der Waals surface area contributed by atoms with Gasteiger partial charge in [0.2, 0.25) is 5.82 Å². The molecule has 2 aromatic carbocycles. The molecule has 27 heavy (non-hydrogen) atoms. The minimum atomic E-state index is -0.274. The normalized spacial score (nSPS) is 16.3. The number of halogens is 1. The largest absolute Gasteiger partial charge is 0.365 e. The summed E-state index contributed by atoms with van der Waals surface area (Å²) in [7, 11) is 0. The van der Waals surface area contributed by atoms with Crippen LogP contribution in [0.4, 0.5) is 4.39 Å². The van der Waals surface area contributed by atoms with Crippen LogP contribution in [0.3, 0.4) is 0 Å². The van der Waals surface area contributed by atoms with Gasteiger partial charge in [0.25, 0.3) is 5.89 Å². The van der Waals surface area contributed by atoms with Crippen molar-refractivity contribution in [2.75, 3.05) is 0 Å². The van der Waals surface area contributed by atoms with Crippen molar-refractivity contribution < 1.29 is 13.7 Å². The third-order valence-electron chi connectivity index (χ3n) is 4.50. The van der Waals surface area contributed by atoms with Crippen molar-refractivity contribution in [3.05, 3.63) is 71.7 Å². The van der Waals surface area contributed by atoms with Crippen LogP contribution in [0.1, 0.15) is 17.4 Å². The molecule has 0 unspecified atom stereocenters. The number of aromatic nitrogens is 5. The molecule has 1 aliphatic heterocycles. The fraction of sp³-hybridized carbons (Fsp3) is 0.158. The SMILES string of the molecule is Fc1ccc([C@@H]2Cn3nnc(-c4nc(-c5ccccc5)no4)c3CO2)cc1. The zero-order valence-electron chi connectivity index (χ0n) is 14.1. The Bertz CT molecular complexity index is 1080. The maximum absolute atomic E-state index is 13.1. The molecule has 0 saturated carbocycles. The van der Waals surface area contributed by atoms with Gasteiger partial charge in [-0.2, -0.15) is 4.98 Å². The van der Waals surface area contributed by atoms with Gasteiger partial charge in [-0.3, -0.25) is 0 Å². The van der Waals surface area contributed by atoms with E-state index in [1.807, 2.05) is 30.3 Å². The first-order valence-corrected chi connectivity index (χ1v) is 8.47. The van der Waals surface area contributed by atoms with Crippen molar-refractivity contribution in [1.29, 1.82) is 0 Å². The van der Waals surface area contributed by atoms with E-state index in [2.05, 4.69) is 20.5 Å². The second-order valence-electron chi connectivity index (χ2n) is 6.21. The summed E-state index contributed by atoms with van der Waals surface area (Å²) < 4.78 is 26.2. The highest BCUT2D eigenvalue weighted by Crippen LogP contribution is 2.30. The molecule has 0 fully saturated rings. The lowest BCUT2D eigenvalue weighted by molar-refractivity contribution is -0.00120. The van der Waals surface area contributed by atoms with Crippen molar-refractivity contribution in [3.63, 3.8) is 0 Å². The summed E-state index contributed by atoms with van der Waals surface area (Å²) in [6.07, 6.45) is -0.213. The molecule has 7 nitrogen and oxygen atoms in total. The molecular formula is C19H14FN5O2. The Labute approximate surface area is 153 Å². The molecule has 3 heterocycles. The summed E-state index contributed by atoms with van der Waals surface area (Å²) in [6, 6.07) is 15.8. The third-order valence-corrected chi connectivity index (χ3v) is 4.50. The Balaban J connectivity index is 1.42. The van der Waals surface area contributed by atoms with E-state index in [1.54, 1.807) is 16.8 Å². The van der Waals surface area contributed by atoms with Crippen molar-refractivity contribution in [3.8, 4) is 23.0 Å². The molecule has 0 spiro atoms. The number of rotatable bonds is 3. The lowest BCUT2D eigenvalue weighted by Crippen LogP contribution is -2.22. The van der Waals surface area contributed by atoms with Gasteiger partial charge in [-0.25, -0.2) is 9.07 Å². The predicted molar refractivity (Wildman–Crippen MR) is 92.7 cm³/mol. The van der Waals surface area contributed by atoms with Crippen LogP contribution in [0.15, 0.2) is 59.1 Å². The minimum Gasteiger partial charge on any atom is -0.365 e. The van der Waals surface area contributed by atoms with Gasteiger partial charge in [0.05, 0.1) is 18.8 Å². The van der Waals surface area contributed by atoms with Gasteiger partial charge >= 0.3 is 0 Å². The first-order valence-electron chi connectivity index (χ1n) is 8.47. The summed E-state index contributed by atoms with van der Waals surface area (Å²) in [6.45, 7) is 0.779. The Kier molecular flexibility index (Phi) is 3.75. The van der Waals surface area contributed by atoms with E-state index >= 15 is 0 Å². The Hall–Kier alpha value is -3.39. The fourth-order valence-corrected chi connectivity index (χ4v) is 3.08. The number of fused-ring (bicyclic) bond motifs is 1. The number of benzene rings is 2. The monoisotopic (exact) mass is 363 g/mol. The average molecular weight is 363 g/mol. The Morgan fingerprint density at radius 3 is 2.67 bits per heavy atom. The minimum absolute atomic E-state index is 0.213. The molecular weight excluding hydrogens is 349 g/mol. The van der Waals surface area contributed by atoms with Gasteiger partial charge in [0.1, 0.15) is 11.9 Å². The maximum Gasteiger partial charge on any atom is 0.280 e. The van der Waals surface area contributed by atoms with E-state index < -0.39 is 0 Å². The van der Waals surface area contributed by atoms with Crippen molar-refractivity contribution in [2.24, 2.45) is 0 Å². The van der Waals surface area contributed by atoms with Gasteiger partial charge in [-0.15, -0.1) is 5.10 Å². The van der Waals surface area contributed by atoms with Crippen LogP contribution < -0.4 is 0 Å². The van der Waals surface area contributed by atoms with Crippen LogP contribution >= 0.6 is 0 Å². The second-order valence-corrected chi connectivity index (χ2v) is 6.21. The predicted octanol–water partition coefficient (Wildman–Crippen LogP) is 3.41. The summed E-state index contributed by atoms with van der Waals surface area (Å²) in [5, 5.41) is 12.4. The van der Waals surface area contributed by atoms with Crippen LogP contribution in [-0.2, 0) is 17.9 Å². The smallest absolute Gasteiger partial charge is 0.280 e. The number of hydrogen-bond donors (Lipinski definition) is 0. The lowest BCUT2D eigenvalue weighted by Gasteiger charge is -2.24. The molecule has 0 saturated heterocycles. The summed E-state index contributed by atoms with van der Waals surface area (Å²) in [5.41, 5.74) is 3.04. The van der Waals surface area contributed by atoms with Gasteiger partial charge < -0.3 is 9.26 Å². The second kappa shape index (κ2) is 6.40. The van der Waals surface area contributed by atoms with Crippen LogP contribution in [0, 0.1) is 5.82 Å². The third kappa shape index (κ3) is 2.89. The molecule has 0 radical (unpaired) electrons. The number of nitrogens with zero attached hydrogens (tertiary/aromatic N) is 5. The first kappa shape index (κ1) is 15.8. The molecule has 1 aliphatic rings.